The zero-order chi connectivity index (χ0) is 12.3. The zero-order valence-corrected chi connectivity index (χ0v) is 9.02. The third-order valence-corrected chi connectivity index (χ3v) is 2.47. The van der Waals surface area contributed by atoms with Gasteiger partial charge in [-0.1, -0.05) is 19.9 Å². The highest BCUT2D eigenvalue weighted by molar-refractivity contribution is 5.45. The Morgan fingerprint density at radius 2 is 2.00 bits per heavy atom. The lowest BCUT2D eigenvalue weighted by Gasteiger charge is -2.13. The SMILES string of the molecule is CC[C](C)c1ccc(C#N)c(C(F)(F)F)c1. The average molecular weight is 226 g/mol. The third kappa shape index (κ3) is 2.54. The van der Waals surface area contributed by atoms with E-state index >= 15 is 0 Å². The number of alkyl halides is 3. The molecule has 0 bridgehead atoms. The predicted octanol–water partition coefficient (Wildman–Crippen LogP) is 3.93. The van der Waals surface area contributed by atoms with Crippen LogP contribution in [0.1, 0.15) is 37.0 Å². The fraction of sp³-hybridized carbons (Fsp3) is 0.333. The lowest BCUT2D eigenvalue weighted by molar-refractivity contribution is -0.137. The predicted molar refractivity (Wildman–Crippen MR) is 54.5 cm³/mol. The first-order valence-corrected chi connectivity index (χ1v) is 4.84. The van der Waals surface area contributed by atoms with Gasteiger partial charge in [-0.15, -0.1) is 0 Å². The molecule has 16 heavy (non-hydrogen) atoms. The highest BCUT2D eigenvalue weighted by atomic mass is 19.4. The van der Waals surface area contributed by atoms with Crippen molar-refractivity contribution in [2.45, 2.75) is 26.4 Å². The van der Waals surface area contributed by atoms with Crippen molar-refractivity contribution in [2.24, 2.45) is 0 Å². The first-order valence-electron chi connectivity index (χ1n) is 4.84. The van der Waals surface area contributed by atoms with Crippen molar-refractivity contribution < 1.29 is 13.2 Å². The first-order chi connectivity index (χ1) is 7.40. The number of nitrogens with zero attached hydrogens (tertiary/aromatic N) is 1. The van der Waals surface area contributed by atoms with E-state index in [2.05, 4.69) is 0 Å². The van der Waals surface area contributed by atoms with Crippen molar-refractivity contribution >= 4 is 0 Å². The molecule has 1 radical (unpaired) electrons. The smallest absolute Gasteiger partial charge is 0.192 e. The van der Waals surface area contributed by atoms with Gasteiger partial charge in [0.1, 0.15) is 0 Å². The summed E-state index contributed by atoms with van der Waals surface area (Å²) in [6.07, 6.45) is -3.79. The van der Waals surface area contributed by atoms with Crippen LogP contribution in [-0.4, -0.2) is 0 Å². The highest BCUT2D eigenvalue weighted by Gasteiger charge is 2.34. The second-order valence-corrected chi connectivity index (χ2v) is 3.50. The maximum Gasteiger partial charge on any atom is 0.417 e. The van der Waals surface area contributed by atoms with E-state index in [-0.39, 0.29) is 5.56 Å². The molecule has 0 aliphatic carbocycles. The quantitative estimate of drug-likeness (QED) is 0.749. The third-order valence-electron chi connectivity index (χ3n) is 2.47. The van der Waals surface area contributed by atoms with Gasteiger partial charge >= 0.3 is 6.18 Å². The van der Waals surface area contributed by atoms with Crippen LogP contribution in [0.15, 0.2) is 18.2 Å². The Balaban J connectivity index is 3.29. The lowest BCUT2D eigenvalue weighted by atomic mass is 9.94. The van der Waals surface area contributed by atoms with Gasteiger partial charge in [-0.3, -0.25) is 0 Å². The molecule has 0 saturated heterocycles. The first kappa shape index (κ1) is 12.6. The highest BCUT2D eigenvalue weighted by Crippen LogP contribution is 2.34. The fourth-order valence-corrected chi connectivity index (χ4v) is 1.35. The molecule has 0 atom stereocenters. The molecule has 0 aliphatic heterocycles. The van der Waals surface area contributed by atoms with Gasteiger partial charge in [0, 0.05) is 5.92 Å². The van der Waals surface area contributed by atoms with Crippen LogP contribution >= 0.6 is 0 Å². The number of benzene rings is 1. The molecule has 4 heteroatoms. The van der Waals surface area contributed by atoms with E-state index in [1.165, 1.54) is 6.07 Å². The van der Waals surface area contributed by atoms with E-state index in [1.807, 2.05) is 6.92 Å². The van der Waals surface area contributed by atoms with Crippen LogP contribution in [-0.2, 0) is 6.18 Å². The molecule has 0 unspecified atom stereocenters. The van der Waals surface area contributed by atoms with Gasteiger partial charge in [-0.25, -0.2) is 0 Å². The minimum atomic E-state index is -4.48. The van der Waals surface area contributed by atoms with E-state index in [4.69, 9.17) is 5.26 Å². The molecule has 1 aromatic rings. The van der Waals surface area contributed by atoms with Gasteiger partial charge < -0.3 is 0 Å². The Bertz CT molecular complexity index is 415. The van der Waals surface area contributed by atoms with Crippen LogP contribution in [0, 0.1) is 17.2 Å². The largest absolute Gasteiger partial charge is 0.417 e. The molecular weight excluding hydrogens is 215 g/mol. The molecule has 0 saturated carbocycles. The van der Waals surface area contributed by atoms with Crippen molar-refractivity contribution in [3.63, 3.8) is 0 Å². The average Bonchev–Trinajstić information content (AvgIpc) is 2.26. The van der Waals surface area contributed by atoms with Gasteiger partial charge in [0.15, 0.2) is 0 Å². The number of rotatable bonds is 2. The van der Waals surface area contributed by atoms with E-state index in [9.17, 15) is 13.2 Å². The van der Waals surface area contributed by atoms with E-state index in [0.29, 0.717) is 12.0 Å². The maximum absolute atomic E-state index is 12.6. The van der Waals surface area contributed by atoms with Gasteiger partial charge in [0.25, 0.3) is 0 Å². The summed E-state index contributed by atoms with van der Waals surface area (Å²) < 4.78 is 37.9. The second-order valence-electron chi connectivity index (χ2n) is 3.50. The second kappa shape index (κ2) is 4.56. The summed E-state index contributed by atoms with van der Waals surface area (Å²) in [4.78, 5) is 0. The Kier molecular flexibility index (Phi) is 3.58. The molecule has 0 aromatic heterocycles. The number of hydrogen-bond acceptors (Lipinski definition) is 1. The minimum absolute atomic E-state index is 0.333. The topological polar surface area (TPSA) is 23.8 Å². The van der Waals surface area contributed by atoms with Crippen LogP contribution in [0.2, 0.25) is 0 Å². The molecule has 0 spiro atoms. The number of halogens is 3. The molecule has 85 valence electrons. The molecule has 0 aliphatic rings. The summed E-state index contributed by atoms with van der Waals surface area (Å²) in [5.74, 6) is 0.870. The summed E-state index contributed by atoms with van der Waals surface area (Å²) in [6, 6.07) is 5.36. The van der Waals surface area contributed by atoms with Gasteiger partial charge in [-0.05, 0) is 24.1 Å². The molecule has 0 heterocycles. The zero-order valence-electron chi connectivity index (χ0n) is 9.02. The van der Waals surface area contributed by atoms with Crippen LogP contribution in [0.3, 0.4) is 0 Å². The Morgan fingerprint density at radius 1 is 1.38 bits per heavy atom. The van der Waals surface area contributed by atoms with E-state index in [1.54, 1.807) is 19.1 Å². The van der Waals surface area contributed by atoms with Crippen molar-refractivity contribution in [1.82, 2.24) is 0 Å². The number of nitriles is 1. The molecule has 0 fully saturated rings. The fourth-order valence-electron chi connectivity index (χ4n) is 1.35. The summed E-state index contributed by atoms with van der Waals surface area (Å²) in [5, 5.41) is 8.61. The Hall–Kier alpha value is -1.50. The summed E-state index contributed by atoms with van der Waals surface area (Å²) >= 11 is 0. The molecular formula is C12H11F3N. The lowest BCUT2D eigenvalue weighted by Crippen LogP contribution is -2.09. The van der Waals surface area contributed by atoms with Crippen LogP contribution in [0.25, 0.3) is 0 Å². The number of hydrogen-bond donors (Lipinski definition) is 0. The molecule has 0 N–H and O–H groups in total. The van der Waals surface area contributed by atoms with Crippen molar-refractivity contribution in [3.8, 4) is 6.07 Å². The van der Waals surface area contributed by atoms with Crippen LogP contribution in [0.5, 0.6) is 0 Å². The molecule has 1 rings (SSSR count). The Labute approximate surface area is 92.5 Å². The summed E-state index contributed by atoms with van der Waals surface area (Å²) in [6.45, 7) is 3.66. The normalized spacial score (nSPS) is 11.6. The molecule has 1 nitrogen and oxygen atoms in total. The van der Waals surface area contributed by atoms with Gasteiger partial charge in [0.2, 0.25) is 0 Å². The monoisotopic (exact) mass is 226 g/mol. The van der Waals surface area contributed by atoms with Crippen LogP contribution < -0.4 is 0 Å². The van der Waals surface area contributed by atoms with E-state index < -0.39 is 11.7 Å². The van der Waals surface area contributed by atoms with Crippen molar-refractivity contribution in [2.75, 3.05) is 0 Å². The standard InChI is InChI=1S/C12H11F3N/c1-3-8(2)9-4-5-10(7-16)11(6-9)12(13,14)15/h4-6H,3H2,1-2H3. The van der Waals surface area contributed by atoms with E-state index in [0.717, 1.165) is 12.0 Å². The van der Waals surface area contributed by atoms with Crippen LogP contribution in [0.4, 0.5) is 13.2 Å². The van der Waals surface area contributed by atoms with Crippen molar-refractivity contribution in [1.29, 1.82) is 5.26 Å². The minimum Gasteiger partial charge on any atom is -0.192 e. The summed E-state index contributed by atoms with van der Waals surface area (Å²) in [7, 11) is 0. The molecule has 1 aromatic carbocycles. The van der Waals surface area contributed by atoms with Gasteiger partial charge in [0.05, 0.1) is 17.2 Å². The molecule has 0 amide bonds. The van der Waals surface area contributed by atoms with Gasteiger partial charge in [-0.2, -0.15) is 18.4 Å². The van der Waals surface area contributed by atoms with Crippen molar-refractivity contribution in [3.05, 3.63) is 40.8 Å². The Morgan fingerprint density at radius 3 is 2.44 bits per heavy atom. The summed E-state index contributed by atoms with van der Waals surface area (Å²) in [5.41, 5.74) is -0.658. The maximum atomic E-state index is 12.6.